The third-order valence-corrected chi connectivity index (χ3v) is 3.68. The molecule has 1 aromatic rings. The summed E-state index contributed by atoms with van der Waals surface area (Å²) in [7, 11) is 1.45. The number of nitrogens with zero attached hydrogens (tertiary/aromatic N) is 1. The van der Waals surface area contributed by atoms with Crippen molar-refractivity contribution in [2.45, 2.75) is 24.8 Å². The van der Waals surface area contributed by atoms with Crippen molar-refractivity contribution < 1.29 is 19.4 Å². The summed E-state index contributed by atoms with van der Waals surface area (Å²) in [5.74, 6) is -0.243. The van der Waals surface area contributed by atoms with Gasteiger partial charge in [0.25, 0.3) is 0 Å². The van der Waals surface area contributed by atoms with E-state index in [0.717, 1.165) is 5.56 Å². The highest BCUT2D eigenvalue weighted by Gasteiger charge is 2.35. The molecule has 1 aromatic carbocycles. The fourth-order valence-corrected chi connectivity index (χ4v) is 2.44. The van der Waals surface area contributed by atoms with Crippen molar-refractivity contribution in [3.63, 3.8) is 0 Å². The van der Waals surface area contributed by atoms with Crippen LogP contribution in [0.25, 0.3) is 0 Å². The number of hydrogen-bond acceptors (Lipinski definition) is 6. The number of aliphatic hydroxyl groups is 1. The van der Waals surface area contributed by atoms with Gasteiger partial charge in [-0.05, 0) is 17.7 Å². The zero-order valence-corrected chi connectivity index (χ0v) is 13.0. The van der Waals surface area contributed by atoms with Crippen molar-refractivity contribution >= 4 is 5.91 Å². The number of carbonyl (C=O) groups is 1. The van der Waals surface area contributed by atoms with E-state index in [1.807, 2.05) is 12.1 Å². The molecule has 0 aromatic heterocycles. The number of carbonyl (C=O) groups excluding carboxylic acids is 1. The Morgan fingerprint density at radius 1 is 1.57 bits per heavy atom. The number of hydrogen-bond donors (Lipinski definition) is 3. The highest BCUT2D eigenvalue weighted by atomic mass is 16.5. The Labute approximate surface area is 135 Å². The molecule has 0 saturated carbocycles. The summed E-state index contributed by atoms with van der Waals surface area (Å²) in [5.41, 5.74) is 1.57. The maximum absolute atomic E-state index is 11.3. The number of amides is 1. The maximum atomic E-state index is 11.3. The minimum atomic E-state index is -0.711. The summed E-state index contributed by atoms with van der Waals surface area (Å²) in [5, 5.41) is 25.0. The van der Waals surface area contributed by atoms with E-state index >= 15 is 0 Å². The van der Waals surface area contributed by atoms with E-state index in [4.69, 9.17) is 14.7 Å². The average Bonchev–Trinajstić information content (AvgIpc) is 2.91. The predicted octanol–water partition coefficient (Wildman–Crippen LogP) is -0.461. The molecule has 3 atom stereocenters. The minimum absolute atomic E-state index is 0.0142. The van der Waals surface area contributed by atoms with Crippen LogP contribution in [0.3, 0.4) is 0 Å². The third kappa shape index (κ3) is 5.01. The van der Waals surface area contributed by atoms with E-state index in [1.165, 1.54) is 7.11 Å². The Balaban J connectivity index is 1.79. The molecule has 1 aliphatic rings. The average molecular weight is 319 g/mol. The van der Waals surface area contributed by atoms with Crippen LogP contribution in [0.4, 0.5) is 0 Å². The van der Waals surface area contributed by atoms with Crippen molar-refractivity contribution in [1.82, 2.24) is 10.6 Å². The van der Waals surface area contributed by atoms with Gasteiger partial charge in [-0.15, -0.1) is 0 Å². The van der Waals surface area contributed by atoms with Crippen LogP contribution in [-0.4, -0.2) is 56.1 Å². The topological polar surface area (TPSA) is 104 Å². The monoisotopic (exact) mass is 319 g/mol. The largest absolute Gasteiger partial charge is 0.389 e. The van der Waals surface area contributed by atoms with Crippen LogP contribution in [0.15, 0.2) is 24.3 Å². The molecule has 124 valence electrons. The number of ether oxygens (including phenoxy) is 2. The van der Waals surface area contributed by atoms with Gasteiger partial charge in [-0.1, -0.05) is 12.1 Å². The van der Waals surface area contributed by atoms with Crippen molar-refractivity contribution in [2.75, 3.05) is 26.9 Å². The van der Waals surface area contributed by atoms with Gasteiger partial charge in [0.1, 0.15) is 12.7 Å². The Hall–Kier alpha value is -1.98. The molecule has 0 aliphatic carbocycles. The van der Waals surface area contributed by atoms with Gasteiger partial charge in [-0.2, -0.15) is 5.26 Å². The van der Waals surface area contributed by atoms with Gasteiger partial charge in [0.15, 0.2) is 0 Å². The van der Waals surface area contributed by atoms with E-state index in [2.05, 4.69) is 16.7 Å². The number of methoxy groups -OCH3 is 1. The fraction of sp³-hybridized carbons (Fsp3) is 0.500. The van der Waals surface area contributed by atoms with Gasteiger partial charge >= 0.3 is 0 Å². The van der Waals surface area contributed by atoms with E-state index < -0.39 is 12.2 Å². The van der Waals surface area contributed by atoms with Gasteiger partial charge in [0.05, 0.1) is 30.4 Å². The molecule has 2 rings (SSSR count). The molecular formula is C16H21N3O4. The molecule has 1 amide bonds. The molecule has 1 aliphatic heterocycles. The lowest BCUT2D eigenvalue weighted by Gasteiger charge is -2.19. The van der Waals surface area contributed by atoms with Crippen LogP contribution in [0, 0.1) is 11.3 Å². The fourth-order valence-electron chi connectivity index (χ4n) is 2.44. The summed E-state index contributed by atoms with van der Waals surface area (Å²) in [6, 6.07) is 9.17. The molecule has 3 N–H and O–H groups in total. The van der Waals surface area contributed by atoms with Crippen LogP contribution in [-0.2, 0) is 20.8 Å². The molecule has 1 fully saturated rings. The number of nitriles is 1. The Morgan fingerprint density at radius 3 is 3.13 bits per heavy atom. The molecule has 0 radical (unpaired) electrons. The quantitative estimate of drug-likeness (QED) is 0.628. The Kier molecular flexibility index (Phi) is 6.50. The number of nitrogens with one attached hydrogen (secondary N) is 2. The molecule has 1 heterocycles. The molecule has 1 saturated heterocycles. The summed E-state index contributed by atoms with van der Waals surface area (Å²) in [4.78, 5) is 11.3. The van der Waals surface area contributed by atoms with Crippen LogP contribution in [0.5, 0.6) is 0 Å². The molecular weight excluding hydrogens is 298 g/mol. The molecule has 3 unspecified atom stereocenters. The van der Waals surface area contributed by atoms with Gasteiger partial charge < -0.3 is 25.2 Å². The summed E-state index contributed by atoms with van der Waals surface area (Å²) in [6.07, 6.45) is -1.16. The first-order chi connectivity index (χ1) is 11.1. The number of aliphatic hydroxyl groups excluding tert-OH is 1. The molecule has 7 heteroatoms. The lowest BCUT2D eigenvalue weighted by Crippen LogP contribution is -2.45. The lowest BCUT2D eigenvalue weighted by atomic mass is 10.1. The van der Waals surface area contributed by atoms with E-state index in [-0.39, 0.29) is 25.1 Å². The zero-order chi connectivity index (χ0) is 16.7. The first-order valence-corrected chi connectivity index (χ1v) is 7.41. The normalized spacial score (nSPS) is 23.4. The van der Waals surface area contributed by atoms with Crippen molar-refractivity contribution in [3.8, 4) is 6.07 Å². The predicted molar refractivity (Wildman–Crippen MR) is 82.4 cm³/mol. The van der Waals surface area contributed by atoms with Gasteiger partial charge in [-0.3, -0.25) is 4.79 Å². The smallest absolute Gasteiger partial charge is 0.246 e. The zero-order valence-electron chi connectivity index (χ0n) is 13.0. The second kappa shape index (κ2) is 8.60. The first-order valence-electron chi connectivity index (χ1n) is 7.41. The number of benzene rings is 1. The highest BCUT2D eigenvalue weighted by molar-refractivity contribution is 5.77. The SMILES string of the molecule is COCC(=O)NCC1OCC(NCc2cccc(C#N)c2)C1O. The maximum Gasteiger partial charge on any atom is 0.246 e. The van der Waals surface area contributed by atoms with E-state index in [1.54, 1.807) is 12.1 Å². The van der Waals surface area contributed by atoms with E-state index in [0.29, 0.717) is 18.7 Å². The van der Waals surface area contributed by atoms with Crippen LogP contribution >= 0.6 is 0 Å². The summed E-state index contributed by atoms with van der Waals surface area (Å²) >= 11 is 0. The van der Waals surface area contributed by atoms with Gasteiger partial charge in [-0.25, -0.2) is 0 Å². The van der Waals surface area contributed by atoms with Crippen LogP contribution in [0.2, 0.25) is 0 Å². The molecule has 0 bridgehead atoms. The molecule has 23 heavy (non-hydrogen) atoms. The van der Waals surface area contributed by atoms with Crippen LogP contribution in [0.1, 0.15) is 11.1 Å². The van der Waals surface area contributed by atoms with Crippen LogP contribution < -0.4 is 10.6 Å². The summed E-state index contributed by atoms with van der Waals surface area (Å²) in [6.45, 7) is 1.12. The van der Waals surface area contributed by atoms with Gasteiger partial charge in [0, 0.05) is 20.2 Å². The third-order valence-electron chi connectivity index (χ3n) is 3.68. The van der Waals surface area contributed by atoms with Crippen molar-refractivity contribution in [2.24, 2.45) is 0 Å². The Morgan fingerprint density at radius 2 is 2.39 bits per heavy atom. The molecule has 0 spiro atoms. The minimum Gasteiger partial charge on any atom is -0.389 e. The van der Waals surface area contributed by atoms with E-state index in [9.17, 15) is 9.90 Å². The first kappa shape index (κ1) is 17.4. The van der Waals surface area contributed by atoms with Gasteiger partial charge in [0.2, 0.25) is 5.91 Å². The molecule has 7 nitrogen and oxygen atoms in total. The highest BCUT2D eigenvalue weighted by Crippen LogP contribution is 2.15. The second-order valence-corrected chi connectivity index (χ2v) is 5.40. The van der Waals surface area contributed by atoms with Crippen molar-refractivity contribution in [3.05, 3.63) is 35.4 Å². The lowest BCUT2D eigenvalue weighted by molar-refractivity contribution is -0.125. The van der Waals surface area contributed by atoms with Crippen molar-refractivity contribution in [1.29, 1.82) is 5.26 Å². The summed E-state index contributed by atoms with van der Waals surface area (Å²) < 4.78 is 10.2. The standard InChI is InChI=1S/C16H21N3O4/c1-22-10-15(20)19-8-14-16(21)13(9-23-14)18-7-12-4-2-3-11(5-12)6-17/h2-5,13-14,16,18,21H,7-10H2,1H3,(H,19,20). The second-order valence-electron chi connectivity index (χ2n) is 5.40. The Bertz CT molecular complexity index is 573. The number of rotatable bonds is 7.